The molecule has 0 aliphatic carbocycles. The Balaban J connectivity index is 2.13. The molecule has 76 valence electrons. The van der Waals surface area contributed by atoms with Crippen molar-refractivity contribution in [2.75, 3.05) is 11.1 Å². The number of fused-ring (bicyclic) bond motifs is 1. The van der Waals surface area contributed by atoms with Gasteiger partial charge in [-0.15, -0.1) is 11.8 Å². The zero-order chi connectivity index (χ0) is 9.97. The highest BCUT2D eigenvalue weighted by atomic mass is 32.2. The first kappa shape index (κ1) is 9.91. The van der Waals surface area contributed by atoms with E-state index in [1.165, 1.54) is 22.8 Å². The molecule has 2 rings (SSSR count). The largest absolute Gasteiger partial charge is 0.380 e. The van der Waals surface area contributed by atoms with Gasteiger partial charge in [0.15, 0.2) is 0 Å². The van der Waals surface area contributed by atoms with E-state index in [4.69, 9.17) is 0 Å². The average molecular weight is 207 g/mol. The summed E-state index contributed by atoms with van der Waals surface area (Å²) in [5.74, 6) is 1.96. The van der Waals surface area contributed by atoms with E-state index in [1.54, 1.807) is 0 Å². The second kappa shape index (κ2) is 4.26. The van der Waals surface area contributed by atoms with Gasteiger partial charge in [-0.1, -0.05) is 32.4 Å². The molecule has 1 aromatic carbocycles. The highest BCUT2D eigenvalue weighted by Crippen LogP contribution is 2.34. The number of nitrogens with one attached hydrogen (secondary N) is 1. The van der Waals surface area contributed by atoms with Crippen molar-refractivity contribution in [3.8, 4) is 0 Å². The van der Waals surface area contributed by atoms with Gasteiger partial charge in [0.25, 0.3) is 0 Å². The van der Waals surface area contributed by atoms with Crippen molar-refractivity contribution >= 4 is 17.4 Å². The molecule has 2 heteroatoms. The fraction of sp³-hybridized carbons (Fsp3) is 0.500. The fourth-order valence-corrected chi connectivity index (χ4v) is 2.95. The summed E-state index contributed by atoms with van der Waals surface area (Å²) < 4.78 is 0. The Morgan fingerprint density at radius 1 is 1.50 bits per heavy atom. The molecule has 0 saturated heterocycles. The predicted molar refractivity (Wildman–Crippen MR) is 64.0 cm³/mol. The highest BCUT2D eigenvalue weighted by Gasteiger charge is 2.21. The van der Waals surface area contributed by atoms with E-state index >= 15 is 0 Å². The minimum absolute atomic E-state index is 0.639. The third-order valence-corrected chi connectivity index (χ3v) is 4.17. The minimum Gasteiger partial charge on any atom is -0.380 e. The molecule has 1 heterocycles. The van der Waals surface area contributed by atoms with Crippen molar-refractivity contribution in [1.82, 2.24) is 0 Å². The normalized spacial score (nSPS) is 22.3. The summed E-state index contributed by atoms with van der Waals surface area (Å²) in [7, 11) is 0. The zero-order valence-corrected chi connectivity index (χ0v) is 9.60. The second-order valence-corrected chi connectivity index (χ2v) is 5.01. The van der Waals surface area contributed by atoms with Crippen molar-refractivity contribution in [3.63, 3.8) is 0 Å². The molecule has 1 aromatic rings. The smallest absolute Gasteiger partial charge is 0.0480 e. The van der Waals surface area contributed by atoms with Crippen LogP contribution < -0.4 is 5.32 Å². The molecule has 0 radical (unpaired) electrons. The van der Waals surface area contributed by atoms with Gasteiger partial charge in [-0.2, -0.15) is 0 Å². The van der Waals surface area contributed by atoms with E-state index in [2.05, 4.69) is 43.4 Å². The summed E-state index contributed by atoms with van der Waals surface area (Å²) in [6, 6.07) is 9.22. The molecule has 1 N–H and O–H groups in total. The van der Waals surface area contributed by atoms with Gasteiger partial charge >= 0.3 is 0 Å². The maximum absolute atomic E-state index is 3.63. The number of hydrogen-bond acceptors (Lipinski definition) is 2. The van der Waals surface area contributed by atoms with Crippen LogP contribution in [0.2, 0.25) is 0 Å². The molecule has 0 spiro atoms. The summed E-state index contributed by atoms with van der Waals surface area (Å²) in [6.45, 7) is 4.59. The predicted octanol–water partition coefficient (Wildman–Crippen LogP) is 3.62. The van der Waals surface area contributed by atoms with Crippen LogP contribution in [0.3, 0.4) is 0 Å². The summed E-state index contributed by atoms with van der Waals surface area (Å²) in [4.78, 5) is 1.40. The van der Waals surface area contributed by atoms with Crippen LogP contribution in [0.5, 0.6) is 0 Å². The Hall–Kier alpha value is -0.630. The van der Waals surface area contributed by atoms with E-state index in [0.29, 0.717) is 6.04 Å². The van der Waals surface area contributed by atoms with E-state index in [1.807, 2.05) is 11.8 Å². The van der Waals surface area contributed by atoms with Gasteiger partial charge in [0.05, 0.1) is 0 Å². The van der Waals surface area contributed by atoms with Gasteiger partial charge in [-0.05, 0) is 18.1 Å². The molecular formula is C12H17NS. The lowest BCUT2D eigenvalue weighted by Gasteiger charge is -2.30. The third kappa shape index (κ3) is 1.90. The van der Waals surface area contributed by atoms with Crippen LogP contribution in [0.15, 0.2) is 29.2 Å². The fourth-order valence-electron chi connectivity index (χ4n) is 1.72. The van der Waals surface area contributed by atoms with Gasteiger partial charge in [0.1, 0.15) is 0 Å². The van der Waals surface area contributed by atoms with Crippen LogP contribution in [-0.4, -0.2) is 11.8 Å². The Bertz CT molecular complexity index is 311. The lowest BCUT2D eigenvalue weighted by atomic mass is 10.0. The molecular weight excluding hydrogens is 190 g/mol. The van der Waals surface area contributed by atoms with E-state index < -0.39 is 0 Å². The maximum atomic E-state index is 3.63. The van der Waals surface area contributed by atoms with Gasteiger partial charge < -0.3 is 5.32 Å². The van der Waals surface area contributed by atoms with Gasteiger partial charge in [-0.3, -0.25) is 0 Å². The Kier molecular flexibility index (Phi) is 3.02. The molecule has 0 fully saturated rings. The molecule has 0 aromatic heterocycles. The molecule has 1 aliphatic rings. The van der Waals surface area contributed by atoms with Gasteiger partial charge in [0, 0.05) is 22.4 Å². The van der Waals surface area contributed by atoms with Crippen molar-refractivity contribution < 1.29 is 0 Å². The summed E-state index contributed by atoms with van der Waals surface area (Å²) in [5, 5.41) is 3.63. The lowest BCUT2D eigenvalue weighted by molar-refractivity contribution is 0.497. The first-order valence-electron chi connectivity index (χ1n) is 5.29. The topological polar surface area (TPSA) is 12.0 Å². The number of para-hydroxylation sites is 1. The van der Waals surface area contributed by atoms with Crippen LogP contribution in [0, 0.1) is 5.92 Å². The Labute approximate surface area is 90.3 Å². The van der Waals surface area contributed by atoms with Crippen molar-refractivity contribution in [2.24, 2.45) is 5.92 Å². The highest BCUT2D eigenvalue weighted by molar-refractivity contribution is 7.99. The standard InChI is InChI=1S/C12H17NS/c1-3-9(2)11-8-14-12-7-5-4-6-10(12)13-11/h4-7,9,11,13H,3,8H2,1-2H3/t9?,11-/m1/s1. The van der Waals surface area contributed by atoms with Gasteiger partial charge in [0.2, 0.25) is 0 Å². The monoisotopic (exact) mass is 207 g/mol. The van der Waals surface area contributed by atoms with Crippen LogP contribution >= 0.6 is 11.8 Å². The molecule has 0 saturated carbocycles. The maximum Gasteiger partial charge on any atom is 0.0480 e. The third-order valence-electron chi connectivity index (χ3n) is 2.98. The molecule has 0 amide bonds. The molecule has 14 heavy (non-hydrogen) atoms. The van der Waals surface area contributed by atoms with Crippen LogP contribution in [-0.2, 0) is 0 Å². The van der Waals surface area contributed by atoms with Crippen LogP contribution in [0.25, 0.3) is 0 Å². The first-order valence-corrected chi connectivity index (χ1v) is 6.28. The van der Waals surface area contributed by atoms with Crippen LogP contribution in [0.4, 0.5) is 5.69 Å². The molecule has 1 nitrogen and oxygen atoms in total. The molecule has 2 atom stereocenters. The van der Waals surface area contributed by atoms with Crippen molar-refractivity contribution in [1.29, 1.82) is 0 Å². The molecule has 1 unspecified atom stereocenters. The number of hydrogen-bond donors (Lipinski definition) is 1. The SMILES string of the molecule is CCC(C)[C@H]1CSc2ccccc2N1. The van der Waals surface area contributed by atoms with Crippen LogP contribution in [0.1, 0.15) is 20.3 Å². The number of thioether (sulfide) groups is 1. The lowest BCUT2D eigenvalue weighted by Crippen LogP contribution is -2.32. The van der Waals surface area contributed by atoms with E-state index in [9.17, 15) is 0 Å². The van der Waals surface area contributed by atoms with E-state index in [0.717, 1.165) is 5.92 Å². The second-order valence-electron chi connectivity index (χ2n) is 3.94. The van der Waals surface area contributed by atoms with Crippen molar-refractivity contribution in [2.45, 2.75) is 31.2 Å². The molecule has 1 aliphatic heterocycles. The first-order chi connectivity index (χ1) is 6.81. The Morgan fingerprint density at radius 3 is 3.07 bits per heavy atom. The quantitative estimate of drug-likeness (QED) is 0.795. The number of anilines is 1. The van der Waals surface area contributed by atoms with Crippen molar-refractivity contribution in [3.05, 3.63) is 24.3 Å². The number of benzene rings is 1. The van der Waals surface area contributed by atoms with Gasteiger partial charge in [-0.25, -0.2) is 0 Å². The summed E-state index contributed by atoms with van der Waals surface area (Å²) in [5.41, 5.74) is 1.31. The number of rotatable bonds is 2. The summed E-state index contributed by atoms with van der Waals surface area (Å²) in [6.07, 6.45) is 1.25. The minimum atomic E-state index is 0.639. The Morgan fingerprint density at radius 2 is 2.29 bits per heavy atom. The zero-order valence-electron chi connectivity index (χ0n) is 8.79. The van der Waals surface area contributed by atoms with E-state index in [-0.39, 0.29) is 0 Å². The average Bonchev–Trinajstić information content (AvgIpc) is 2.27. The molecule has 0 bridgehead atoms. The summed E-state index contributed by atoms with van der Waals surface area (Å²) >= 11 is 1.98.